The Morgan fingerprint density at radius 3 is 1.55 bits per heavy atom. The number of nitrogen functional groups attached to an aromatic ring is 2. The molecule has 6 rings (SSSR count). The first-order chi connectivity index (χ1) is 22.2. The van der Waals surface area contributed by atoms with Crippen LogP contribution < -0.4 is 11.5 Å². The number of rotatable bonds is 7. The van der Waals surface area contributed by atoms with Crippen molar-refractivity contribution >= 4 is 111 Å². The number of hydrogen-bond acceptors (Lipinski definition) is 15. The van der Waals surface area contributed by atoms with Gasteiger partial charge in [-0.15, -0.1) is 22.7 Å². The minimum absolute atomic E-state index is 0.00551. The summed E-state index contributed by atoms with van der Waals surface area (Å²) in [5.41, 5.74) is 15.8. The van der Waals surface area contributed by atoms with Crippen molar-refractivity contribution in [2.75, 3.05) is 11.5 Å². The van der Waals surface area contributed by atoms with Gasteiger partial charge in [-0.3, -0.25) is 4.55 Å². The molecule has 0 bridgehead atoms. The normalized spacial score (nSPS) is 12.0. The van der Waals surface area contributed by atoms with E-state index in [1.54, 1.807) is 74.5 Å². The van der Waals surface area contributed by atoms with Crippen LogP contribution in [0.3, 0.4) is 0 Å². The first-order valence-electron chi connectivity index (χ1n) is 12.9. The topological polar surface area (TPSA) is 216 Å². The summed E-state index contributed by atoms with van der Waals surface area (Å²) in [5.74, 6) is 0. The number of benzene rings is 4. The number of anilines is 2. The van der Waals surface area contributed by atoms with Crippen molar-refractivity contribution in [3.05, 3.63) is 71.8 Å². The van der Waals surface area contributed by atoms with Crippen molar-refractivity contribution < 1.29 is 34.2 Å². The second-order valence-corrected chi connectivity index (χ2v) is 16.3. The summed E-state index contributed by atoms with van der Waals surface area (Å²) in [5, 5.41) is 1.17. The van der Waals surface area contributed by atoms with Crippen LogP contribution in [0.5, 0.6) is 0 Å². The van der Waals surface area contributed by atoms with Crippen LogP contribution in [0.25, 0.3) is 41.6 Å². The number of nitrogens with two attached hydrogens (primary N) is 2. The highest BCUT2D eigenvalue weighted by molar-refractivity contribution is 7.94. The predicted octanol–water partition coefficient (Wildman–Crippen LogP) is 7.94. The summed E-state index contributed by atoms with van der Waals surface area (Å²) in [7, 11) is -8.41. The van der Waals surface area contributed by atoms with Crippen molar-refractivity contribution in [3.63, 3.8) is 0 Å². The fourth-order valence-corrected chi connectivity index (χ4v) is 10.1. The van der Waals surface area contributed by atoms with Crippen molar-refractivity contribution in [2.45, 2.75) is 33.4 Å². The molecule has 0 spiro atoms. The molecule has 2 aromatic heterocycles. The summed E-state index contributed by atoms with van der Waals surface area (Å²) < 4.78 is 80.4. The van der Waals surface area contributed by atoms with Crippen LogP contribution in [0.15, 0.2) is 80.2 Å². The number of thiazole rings is 2. The van der Waals surface area contributed by atoms with Gasteiger partial charge in [0.25, 0.3) is 10.1 Å². The molecule has 0 aliphatic heterocycles. The van der Waals surface area contributed by atoms with Gasteiger partial charge < -0.3 is 20.6 Å². The third kappa shape index (κ3) is 7.22. The molecule has 0 saturated heterocycles. The van der Waals surface area contributed by atoms with Crippen molar-refractivity contribution in [1.82, 2.24) is 9.97 Å². The highest BCUT2D eigenvalue weighted by Crippen LogP contribution is 2.39. The minimum atomic E-state index is -4.34. The van der Waals surface area contributed by atoms with Gasteiger partial charge in [-0.1, -0.05) is 12.1 Å². The second-order valence-electron chi connectivity index (χ2n) is 9.84. The first-order valence-corrected chi connectivity index (χ1v) is 19.3. The van der Waals surface area contributed by atoms with Gasteiger partial charge in [0.05, 0.1) is 42.1 Å². The molecule has 246 valence electrons. The highest BCUT2D eigenvalue weighted by atomic mass is 35.5. The lowest BCUT2D eigenvalue weighted by atomic mass is 10.2. The standard InChI is InChI=1S/C14H11ClN2O4S3.C14H12N2O4S3/c1-7-2-5-10-12(13(7)24(19,20)21-15)22-14(17-10)8-3-4-9(16)11(6-8)23-18;1-7-2-5-10-12(13(7)23(18,19)20)21-14(16-10)8-3-4-9(15)11(6-8)22-17/h2-6,18H,16H2,1H3;2-6,17H,15H2,1H3,(H,18,19,20). The van der Waals surface area contributed by atoms with Gasteiger partial charge in [-0.05, 0) is 73.5 Å². The van der Waals surface area contributed by atoms with Crippen LogP contribution in [-0.4, -0.2) is 40.5 Å². The Kier molecular flexibility index (Phi) is 10.4. The zero-order valence-electron chi connectivity index (χ0n) is 24.0. The van der Waals surface area contributed by atoms with E-state index in [2.05, 4.69) is 13.7 Å². The molecule has 6 aromatic rings. The van der Waals surface area contributed by atoms with Crippen LogP contribution >= 0.6 is 58.6 Å². The zero-order chi connectivity index (χ0) is 34.3. The number of aromatic nitrogens is 2. The van der Waals surface area contributed by atoms with Gasteiger partial charge in [0, 0.05) is 46.6 Å². The molecule has 0 radical (unpaired) electrons. The molecule has 4 aromatic carbocycles. The summed E-state index contributed by atoms with van der Waals surface area (Å²) >= 11 is 8.57. The molecular formula is C28H23ClN4O8S6. The molecule has 0 atom stereocenters. The smallest absolute Gasteiger partial charge is 0.314 e. The lowest BCUT2D eigenvalue weighted by molar-refractivity contribution is 0.483. The van der Waals surface area contributed by atoms with E-state index < -0.39 is 20.2 Å². The van der Waals surface area contributed by atoms with E-state index in [-0.39, 0.29) is 9.79 Å². The number of fused-ring (bicyclic) bond motifs is 2. The van der Waals surface area contributed by atoms with Crippen molar-refractivity contribution in [2.24, 2.45) is 0 Å². The maximum Gasteiger partial charge on any atom is 0.314 e. The van der Waals surface area contributed by atoms with E-state index >= 15 is 0 Å². The van der Waals surface area contributed by atoms with Gasteiger partial charge >= 0.3 is 10.1 Å². The van der Waals surface area contributed by atoms with E-state index in [1.807, 2.05) is 0 Å². The Morgan fingerprint density at radius 2 is 1.15 bits per heavy atom. The lowest BCUT2D eigenvalue weighted by Gasteiger charge is -2.04. The average Bonchev–Trinajstić information content (AvgIpc) is 3.65. The Morgan fingerprint density at radius 1 is 0.723 bits per heavy atom. The van der Waals surface area contributed by atoms with Gasteiger partial charge in [0.2, 0.25) is 0 Å². The summed E-state index contributed by atoms with van der Waals surface area (Å²) in [6, 6.07) is 16.9. The lowest BCUT2D eigenvalue weighted by Crippen LogP contribution is -2.02. The van der Waals surface area contributed by atoms with E-state index in [4.69, 9.17) is 23.3 Å². The molecule has 19 heteroatoms. The zero-order valence-corrected chi connectivity index (χ0v) is 29.7. The van der Waals surface area contributed by atoms with E-state index in [9.17, 15) is 30.5 Å². The molecule has 0 fully saturated rings. The van der Waals surface area contributed by atoms with Gasteiger partial charge in [0.15, 0.2) is 0 Å². The fourth-order valence-electron chi connectivity index (χ4n) is 4.54. The molecule has 7 N–H and O–H groups in total. The Hall–Kier alpha value is -3.01. The van der Waals surface area contributed by atoms with Gasteiger partial charge in [-0.25, -0.2) is 9.97 Å². The maximum absolute atomic E-state index is 12.1. The average molecular weight is 771 g/mol. The maximum atomic E-state index is 12.1. The Balaban J connectivity index is 0.000000185. The molecule has 0 saturated carbocycles. The SMILES string of the molecule is Cc1ccc2nc(-c3ccc(N)c(SO)c3)sc2c1S(=O)(=O)O.Cc1ccc2nc(-c3ccc(N)c(SO)c3)sc2c1S(=O)(=O)OCl. The van der Waals surface area contributed by atoms with Crippen molar-refractivity contribution in [1.29, 1.82) is 0 Å². The van der Waals surface area contributed by atoms with Gasteiger partial charge in [0.1, 0.15) is 19.8 Å². The Labute approximate surface area is 290 Å². The number of hydrogen-bond donors (Lipinski definition) is 5. The van der Waals surface area contributed by atoms with E-state index in [0.29, 0.717) is 92.4 Å². The second kappa shape index (κ2) is 13.8. The molecule has 0 aliphatic carbocycles. The molecular weight excluding hydrogens is 748 g/mol. The van der Waals surface area contributed by atoms with Gasteiger partial charge in [-0.2, -0.15) is 20.6 Å². The monoisotopic (exact) mass is 770 g/mol. The first kappa shape index (κ1) is 35.3. The molecule has 0 unspecified atom stereocenters. The summed E-state index contributed by atoms with van der Waals surface area (Å²) in [4.78, 5) is 9.76. The quantitative estimate of drug-likeness (QED) is 0.0592. The number of halogens is 1. The third-order valence-electron chi connectivity index (χ3n) is 6.73. The fraction of sp³-hybridized carbons (Fsp3) is 0.0714. The van der Waals surface area contributed by atoms with Crippen molar-refractivity contribution in [3.8, 4) is 21.1 Å². The highest BCUT2D eigenvalue weighted by Gasteiger charge is 2.24. The minimum Gasteiger partial charge on any atom is -0.398 e. The summed E-state index contributed by atoms with van der Waals surface area (Å²) in [6.07, 6.45) is 0. The molecule has 0 amide bonds. The van der Waals surface area contributed by atoms with Crippen LogP contribution in [-0.2, 0) is 24.0 Å². The van der Waals surface area contributed by atoms with Crippen LogP contribution in [0.4, 0.5) is 11.4 Å². The molecule has 47 heavy (non-hydrogen) atoms. The van der Waals surface area contributed by atoms with Crippen LogP contribution in [0.1, 0.15) is 11.1 Å². The summed E-state index contributed by atoms with van der Waals surface area (Å²) in [6.45, 7) is 3.27. The largest absolute Gasteiger partial charge is 0.398 e. The number of aryl methyl sites for hydroxylation is 2. The third-order valence-corrected chi connectivity index (χ3v) is 13.1. The van der Waals surface area contributed by atoms with Crippen LogP contribution in [0, 0.1) is 13.8 Å². The predicted molar refractivity (Wildman–Crippen MR) is 189 cm³/mol. The Bertz CT molecular complexity index is 2380. The van der Waals surface area contributed by atoms with E-state index in [0.717, 1.165) is 16.9 Å². The number of nitrogens with zero attached hydrogens (tertiary/aromatic N) is 2. The molecule has 0 aliphatic rings. The van der Waals surface area contributed by atoms with Crippen LogP contribution in [0.2, 0.25) is 0 Å². The molecule has 12 nitrogen and oxygen atoms in total. The van der Waals surface area contributed by atoms with E-state index in [1.165, 1.54) is 11.3 Å². The molecule has 2 heterocycles.